The molecule has 3 nitrogen and oxygen atoms in total. The van der Waals surface area contributed by atoms with Gasteiger partial charge in [0, 0.05) is 21.8 Å². The maximum absolute atomic E-state index is 12.8. The van der Waals surface area contributed by atoms with Crippen molar-refractivity contribution in [3.63, 3.8) is 0 Å². The molecule has 0 aromatic heterocycles. The lowest BCUT2D eigenvalue weighted by molar-refractivity contribution is -0.116. The van der Waals surface area contributed by atoms with Crippen molar-refractivity contribution in [1.82, 2.24) is 0 Å². The number of halogens is 1. The highest BCUT2D eigenvalue weighted by Crippen LogP contribution is 2.34. The first kappa shape index (κ1) is 15.6. The molecule has 1 aliphatic rings. The smallest absolute Gasteiger partial charge is 0.253 e. The first-order chi connectivity index (χ1) is 12.2. The predicted octanol–water partition coefficient (Wildman–Crippen LogP) is 4.86. The van der Waals surface area contributed by atoms with Crippen molar-refractivity contribution in [3.8, 4) is 0 Å². The Hall–Kier alpha value is -2.91. The summed E-state index contributed by atoms with van der Waals surface area (Å²) in [6.07, 6.45) is 0. The predicted molar refractivity (Wildman–Crippen MR) is 102 cm³/mol. The van der Waals surface area contributed by atoms with Crippen molar-refractivity contribution in [2.45, 2.75) is 0 Å². The van der Waals surface area contributed by atoms with Crippen LogP contribution in [0.4, 0.5) is 11.4 Å². The third-order valence-electron chi connectivity index (χ3n) is 4.14. The summed E-state index contributed by atoms with van der Waals surface area (Å²) in [7, 11) is 0. The lowest BCUT2D eigenvalue weighted by Gasteiger charge is -2.23. The van der Waals surface area contributed by atoms with Gasteiger partial charge in [0.15, 0.2) is 0 Å². The van der Waals surface area contributed by atoms with Crippen LogP contribution in [-0.4, -0.2) is 18.2 Å². The summed E-state index contributed by atoms with van der Waals surface area (Å²) in [5.74, 6) is -0.0688. The highest BCUT2D eigenvalue weighted by molar-refractivity contribution is 6.32. The minimum absolute atomic E-state index is 0.0688. The number of hydrogen-bond donors (Lipinski definition) is 0. The molecule has 3 aromatic carbocycles. The Morgan fingerprint density at radius 1 is 0.880 bits per heavy atom. The normalized spacial score (nSPS) is 13.9. The fourth-order valence-electron chi connectivity index (χ4n) is 3.03. The van der Waals surface area contributed by atoms with E-state index in [1.54, 1.807) is 11.0 Å². The van der Waals surface area contributed by atoms with Crippen molar-refractivity contribution in [2.75, 3.05) is 11.4 Å². The molecule has 3 aromatic rings. The molecule has 0 aliphatic carbocycles. The summed E-state index contributed by atoms with van der Waals surface area (Å²) in [5.41, 5.74) is 4.22. The monoisotopic (exact) mass is 346 g/mol. The maximum atomic E-state index is 12.8. The molecule has 0 saturated heterocycles. The summed E-state index contributed by atoms with van der Waals surface area (Å²) >= 11 is 6.25. The van der Waals surface area contributed by atoms with Crippen LogP contribution in [0.2, 0.25) is 5.02 Å². The molecule has 0 bridgehead atoms. The molecule has 0 radical (unpaired) electrons. The Bertz CT molecular complexity index is 952. The lowest BCUT2D eigenvalue weighted by atomic mass is 10.00. The third-order valence-corrected chi connectivity index (χ3v) is 4.37. The van der Waals surface area contributed by atoms with Crippen LogP contribution in [0.25, 0.3) is 0 Å². The zero-order chi connectivity index (χ0) is 17.2. The molecule has 0 N–H and O–H groups in total. The van der Waals surface area contributed by atoms with E-state index >= 15 is 0 Å². The van der Waals surface area contributed by atoms with Gasteiger partial charge in [-0.05, 0) is 30.3 Å². The van der Waals surface area contributed by atoms with E-state index in [9.17, 15) is 4.79 Å². The number of carbonyl (C=O) groups excluding carboxylic acids is 1. The minimum atomic E-state index is -0.0688. The Balaban J connectivity index is 1.94. The van der Waals surface area contributed by atoms with Crippen LogP contribution < -0.4 is 4.90 Å². The number of rotatable bonds is 2. The van der Waals surface area contributed by atoms with Gasteiger partial charge in [0.05, 0.1) is 11.4 Å². The standard InChI is InChI=1S/C21H15ClN2O/c22-16-11-12-19-18(13-16)21(15-7-3-1-4-8-15)23-14-20(25)24(19)17-9-5-2-6-10-17/h1-13H,14H2. The number of carbonyl (C=O) groups is 1. The molecule has 4 heteroatoms. The van der Waals surface area contributed by atoms with Gasteiger partial charge in [0.25, 0.3) is 5.91 Å². The van der Waals surface area contributed by atoms with Gasteiger partial charge in [-0.15, -0.1) is 0 Å². The Morgan fingerprint density at radius 2 is 1.56 bits per heavy atom. The maximum Gasteiger partial charge on any atom is 0.253 e. The molecule has 1 amide bonds. The van der Waals surface area contributed by atoms with E-state index in [0.717, 1.165) is 28.2 Å². The van der Waals surface area contributed by atoms with E-state index in [0.29, 0.717) is 5.02 Å². The number of hydrogen-bond acceptors (Lipinski definition) is 2. The summed E-state index contributed by atoms with van der Waals surface area (Å²) in [5, 5.41) is 0.616. The first-order valence-corrected chi connectivity index (χ1v) is 8.39. The number of nitrogens with zero attached hydrogens (tertiary/aromatic N) is 2. The van der Waals surface area contributed by atoms with Gasteiger partial charge in [0.2, 0.25) is 0 Å². The minimum Gasteiger partial charge on any atom is -0.279 e. The fourth-order valence-corrected chi connectivity index (χ4v) is 3.20. The van der Waals surface area contributed by atoms with Gasteiger partial charge >= 0.3 is 0 Å². The number of anilines is 2. The van der Waals surface area contributed by atoms with Crippen LogP contribution in [0.15, 0.2) is 83.9 Å². The van der Waals surface area contributed by atoms with E-state index in [-0.39, 0.29) is 12.5 Å². The SMILES string of the molecule is O=C1CN=C(c2ccccc2)c2cc(Cl)ccc2N1c1ccccc1. The summed E-state index contributed by atoms with van der Waals surface area (Å²) in [6, 6.07) is 25.0. The van der Waals surface area contributed by atoms with E-state index in [1.807, 2.05) is 72.8 Å². The molecule has 1 aliphatic heterocycles. The summed E-state index contributed by atoms with van der Waals surface area (Å²) in [6.45, 7) is 0.0887. The van der Waals surface area contributed by atoms with Gasteiger partial charge in [0.1, 0.15) is 6.54 Å². The topological polar surface area (TPSA) is 32.7 Å². The van der Waals surface area contributed by atoms with Gasteiger partial charge in [-0.2, -0.15) is 0 Å². The molecule has 0 spiro atoms. The molecule has 0 atom stereocenters. The van der Waals surface area contributed by atoms with Gasteiger partial charge < -0.3 is 0 Å². The second-order valence-electron chi connectivity index (χ2n) is 5.76. The molecule has 0 unspecified atom stereocenters. The van der Waals surface area contributed by atoms with E-state index < -0.39 is 0 Å². The third kappa shape index (κ3) is 2.94. The van der Waals surface area contributed by atoms with Crippen LogP contribution >= 0.6 is 11.6 Å². The number of fused-ring (bicyclic) bond motifs is 1. The Kier molecular flexibility index (Phi) is 4.08. The average Bonchev–Trinajstić information content (AvgIpc) is 2.79. The number of benzodiazepines with no additional fused rings is 1. The molecule has 122 valence electrons. The van der Waals surface area contributed by atoms with E-state index in [2.05, 4.69) is 4.99 Å². The van der Waals surface area contributed by atoms with Crippen LogP contribution in [-0.2, 0) is 4.79 Å². The van der Waals surface area contributed by atoms with Crippen molar-refractivity contribution >= 4 is 34.6 Å². The number of aliphatic imine (C=N–C) groups is 1. The van der Waals surface area contributed by atoms with Crippen molar-refractivity contribution in [3.05, 3.63) is 95.0 Å². The Labute approximate surface area is 151 Å². The van der Waals surface area contributed by atoms with Crippen LogP contribution in [0.5, 0.6) is 0 Å². The van der Waals surface area contributed by atoms with Crippen molar-refractivity contribution in [2.24, 2.45) is 4.99 Å². The van der Waals surface area contributed by atoms with Gasteiger partial charge in [-0.1, -0.05) is 60.1 Å². The van der Waals surface area contributed by atoms with Crippen LogP contribution in [0.3, 0.4) is 0 Å². The molecule has 0 saturated carbocycles. The molecule has 25 heavy (non-hydrogen) atoms. The first-order valence-electron chi connectivity index (χ1n) is 8.02. The molecule has 0 fully saturated rings. The number of para-hydroxylation sites is 1. The number of amides is 1. The van der Waals surface area contributed by atoms with E-state index in [1.165, 1.54) is 0 Å². The van der Waals surface area contributed by atoms with Crippen LogP contribution in [0.1, 0.15) is 11.1 Å². The summed E-state index contributed by atoms with van der Waals surface area (Å²) in [4.78, 5) is 19.1. The highest BCUT2D eigenvalue weighted by atomic mass is 35.5. The molecular weight excluding hydrogens is 332 g/mol. The largest absolute Gasteiger partial charge is 0.279 e. The molecule has 4 rings (SSSR count). The van der Waals surface area contributed by atoms with Crippen LogP contribution in [0, 0.1) is 0 Å². The van der Waals surface area contributed by atoms with Crippen molar-refractivity contribution in [1.29, 1.82) is 0 Å². The molecular formula is C21H15ClN2O. The zero-order valence-corrected chi connectivity index (χ0v) is 14.1. The quantitative estimate of drug-likeness (QED) is 0.652. The fraction of sp³-hybridized carbons (Fsp3) is 0.0476. The summed E-state index contributed by atoms with van der Waals surface area (Å²) < 4.78 is 0. The Morgan fingerprint density at radius 3 is 2.28 bits per heavy atom. The zero-order valence-electron chi connectivity index (χ0n) is 13.4. The second kappa shape index (κ2) is 6.54. The second-order valence-corrected chi connectivity index (χ2v) is 6.19. The number of benzene rings is 3. The molecule has 1 heterocycles. The van der Waals surface area contributed by atoms with Gasteiger partial charge in [-0.3, -0.25) is 14.7 Å². The van der Waals surface area contributed by atoms with E-state index in [4.69, 9.17) is 11.6 Å². The average molecular weight is 347 g/mol. The van der Waals surface area contributed by atoms with Gasteiger partial charge in [-0.25, -0.2) is 0 Å². The lowest BCUT2D eigenvalue weighted by Crippen LogP contribution is -2.27. The van der Waals surface area contributed by atoms with Crippen molar-refractivity contribution < 1.29 is 4.79 Å². The highest BCUT2D eigenvalue weighted by Gasteiger charge is 2.26.